The summed E-state index contributed by atoms with van der Waals surface area (Å²) < 4.78 is 18.6. The molecule has 21 heavy (non-hydrogen) atoms. The maximum Gasteiger partial charge on any atom is 0.341 e. The summed E-state index contributed by atoms with van der Waals surface area (Å²) >= 11 is 3.05. The lowest BCUT2D eigenvalue weighted by Crippen LogP contribution is -2.41. The molecule has 1 rings (SSSR count). The molecular weight excluding hydrogens is 347 g/mol. The number of imide groups is 1. The Morgan fingerprint density at radius 1 is 1.33 bits per heavy atom. The third-order valence-corrected chi connectivity index (χ3v) is 2.77. The molecule has 1 aromatic rings. The highest BCUT2D eigenvalue weighted by molar-refractivity contribution is 9.10. The quantitative estimate of drug-likeness (QED) is 0.786. The van der Waals surface area contributed by atoms with E-state index in [9.17, 15) is 18.8 Å². The second kappa shape index (κ2) is 8.35. The molecule has 2 N–H and O–H groups in total. The number of carbonyl (C=O) groups excluding carboxylic acids is 3. The van der Waals surface area contributed by atoms with Crippen LogP contribution in [0.4, 0.5) is 9.18 Å². The molecule has 0 aromatic heterocycles. The molecule has 0 atom stereocenters. The highest BCUT2D eigenvalue weighted by Gasteiger charge is 2.15. The average Bonchev–Trinajstić information content (AvgIpc) is 2.42. The standard InChI is InChI=1S/C13H14BrFN2O4/c1-2-5-16-13(20)17-11(18)7-21-12(19)9-4-3-8(14)6-10(9)15/h3-4,6H,2,5,7H2,1H3,(H2,16,17,18,20). The summed E-state index contributed by atoms with van der Waals surface area (Å²) in [6.45, 7) is 1.60. The SMILES string of the molecule is CCCNC(=O)NC(=O)COC(=O)c1ccc(Br)cc1F. The van der Waals surface area contributed by atoms with Gasteiger partial charge in [0.15, 0.2) is 6.61 Å². The van der Waals surface area contributed by atoms with E-state index in [1.54, 1.807) is 0 Å². The second-order valence-electron chi connectivity index (χ2n) is 4.00. The monoisotopic (exact) mass is 360 g/mol. The lowest BCUT2D eigenvalue weighted by atomic mass is 10.2. The van der Waals surface area contributed by atoms with Crippen LogP contribution in [0.1, 0.15) is 23.7 Å². The number of rotatable bonds is 5. The first-order valence-electron chi connectivity index (χ1n) is 6.14. The summed E-state index contributed by atoms with van der Waals surface area (Å²) in [6.07, 6.45) is 0.722. The lowest BCUT2D eigenvalue weighted by Gasteiger charge is -2.07. The minimum Gasteiger partial charge on any atom is -0.452 e. The number of amides is 3. The topological polar surface area (TPSA) is 84.5 Å². The van der Waals surface area contributed by atoms with Crippen LogP contribution in [0.15, 0.2) is 22.7 Å². The molecule has 3 amide bonds. The van der Waals surface area contributed by atoms with Crippen molar-refractivity contribution in [2.45, 2.75) is 13.3 Å². The molecule has 0 radical (unpaired) electrons. The average molecular weight is 361 g/mol. The number of halogens is 2. The first kappa shape index (κ1) is 17.1. The zero-order valence-electron chi connectivity index (χ0n) is 11.2. The lowest BCUT2D eigenvalue weighted by molar-refractivity contribution is -0.123. The summed E-state index contributed by atoms with van der Waals surface area (Å²) in [4.78, 5) is 34.1. The van der Waals surface area contributed by atoms with E-state index in [4.69, 9.17) is 0 Å². The van der Waals surface area contributed by atoms with Crippen LogP contribution in [-0.4, -0.2) is 31.1 Å². The van der Waals surface area contributed by atoms with Gasteiger partial charge in [0.05, 0.1) is 5.56 Å². The van der Waals surface area contributed by atoms with Gasteiger partial charge in [-0.3, -0.25) is 10.1 Å². The summed E-state index contributed by atoms with van der Waals surface area (Å²) in [5.41, 5.74) is -0.290. The van der Waals surface area contributed by atoms with Crippen molar-refractivity contribution in [1.82, 2.24) is 10.6 Å². The smallest absolute Gasteiger partial charge is 0.341 e. The second-order valence-corrected chi connectivity index (χ2v) is 4.92. The van der Waals surface area contributed by atoms with Gasteiger partial charge >= 0.3 is 12.0 Å². The number of hydrogen-bond donors (Lipinski definition) is 2. The molecule has 0 fully saturated rings. The molecule has 0 bridgehead atoms. The number of nitrogens with one attached hydrogen (secondary N) is 2. The van der Waals surface area contributed by atoms with Crippen LogP contribution in [0.3, 0.4) is 0 Å². The summed E-state index contributed by atoms with van der Waals surface area (Å²) in [6, 6.07) is 3.13. The summed E-state index contributed by atoms with van der Waals surface area (Å²) in [5, 5.41) is 4.40. The fourth-order valence-corrected chi connectivity index (χ4v) is 1.64. The van der Waals surface area contributed by atoms with Crippen molar-refractivity contribution in [3.8, 4) is 0 Å². The predicted molar refractivity (Wildman–Crippen MR) is 76.2 cm³/mol. The van der Waals surface area contributed by atoms with Crippen molar-refractivity contribution in [3.63, 3.8) is 0 Å². The van der Waals surface area contributed by atoms with Crippen LogP contribution in [0.2, 0.25) is 0 Å². The van der Waals surface area contributed by atoms with Gasteiger partial charge < -0.3 is 10.1 Å². The Balaban J connectivity index is 2.45. The van der Waals surface area contributed by atoms with Crippen LogP contribution in [-0.2, 0) is 9.53 Å². The highest BCUT2D eigenvalue weighted by atomic mass is 79.9. The third kappa shape index (κ3) is 5.90. The van der Waals surface area contributed by atoms with Gasteiger partial charge in [0.25, 0.3) is 5.91 Å². The zero-order valence-corrected chi connectivity index (χ0v) is 12.8. The fraction of sp³-hybridized carbons (Fsp3) is 0.308. The van der Waals surface area contributed by atoms with Crippen molar-refractivity contribution >= 4 is 33.8 Å². The molecule has 6 nitrogen and oxygen atoms in total. The summed E-state index contributed by atoms with van der Waals surface area (Å²) in [7, 11) is 0. The van der Waals surface area contributed by atoms with Gasteiger partial charge in [-0.25, -0.2) is 14.0 Å². The van der Waals surface area contributed by atoms with Gasteiger partial charge in [0.1, 0.15) is 5.82 Å². The van der Waals surface area contributed by atoms with Gasteiger partial charge in [0, 0.05) is 11.0 Å². The molecule has 0 saturated heterocycles. The van der Waals surface area contributed by atoms with E-state index in [1.165, 1.54) is 12.1 Å². The molecule has 1 aromatic carbocycles. The predicted octanol–water partition coefficient (Wildman–Crippen LogP) is 1.98. The molecule has 8 heteroatoms. The van der Waals surface area contributed by atoms with Crippen LogP contribution in [0.25, 0.3) is 0 Å². The van der Waals surface area contributed by atoms with Gasteiger partial charge in [-0.2, -0.15) is 0 Å². The van der Waals surface area contributed by atoms with E-state index in [0.717, 1.165) is 12.5 Å². The van der Waals surface area contributed by atoms with Gasteiger partial charge in [0.2, 0.25) is 0 Å². The minimum absolute atomic E-state index is 0.290. The van der Waals surface area contributed by atoms with Crippen molar-refractivity contribution < 1.29 is 23.5 Å². The first-order valence-corrected chi connectivity index (χ1v) is 6.93. The van der Waals surface area contributed by atoms with E-state index in [0.29, 0.717) is 11.0 Å². The molecule has 0 aliphatic rings. The number of urea groups is 1. The molecule has 0 heterocycles. The third-order valence-electron chi connectivity index (χ3n) is 2.27. The fourth-order valence-electron chi connectivity index (χ4n) is 1.31. The van der Waals surface area contributed by atoms with E-state index < -0.39 is 30.3 Å². The molecule has 114 valence electrons. The maximum absolute atomic E-state index is 13.5. The van der Waals surface area contributed by atoms with Crippen molar-refractivity contribution in [2.75, 3.05) is 13.2 Å². The number of carbonyl (C=O) groups is 3. The van der Waals surface area contributed by atoms with E-state index in [-0.39, 0.29) is 5.56 Å². The van der Waals surface area contributed by atoms with Crippen molar-refractivity contribution in [3.05, 3.63) is 34.1 Å². The van der Waals surface area contributed by atoms with E-state index >= 15 is 0 Å². The van der Waals surface area contributed by atoms with Crippen molar-refractivity contribution in [1.29, 1.82) is 0 Å². The number of hydrogen-bond acceptors (Lipinski definition) is 4. The molecular formula is C13H14BrFN2O4. The Labute approximate surface area is 129 Å². The van der Waals surface area contributed by atoms with E-state index in [2.05, 4.69) is 26.0 Å². The van der Waals surface area contributed by atoms with Crippen LogP contribution >= 0.6 is 15.9 Å². The number of ether oxygens (including phenoxy) is 1. The van der Waals surface area contributed by atoms with Crippen LogP contribution in [0.5, 0.6) is 0 Å². The molecule has 0 spiro atoms. The van der Waals surface area contributed by atoms with Crippen LogP contribution < -0.4 is 10.6 Å². The van der Waals surface area contributed by atoms with Gasteiger partial charge in [-0.1, -0.05) is 22.9 Å². The Hall–Kier alpha value is -1.96. The molecule has 0 aliphatic heterocycles. The summed E-state index contributed by atoms with van der Waals surface area (Å²) in [5.74, 6) is -2.55. The minimum atomic E-state index is -0.982. The molecule has 0 saturated carbocycles. The van der Waals surface area contributed by atoms with Crippen molar-refractivity contribution in [2.24, 2.45) is 0 Å². The van der Waals surface area contributed by atoms with Gasteiger partial charge in [-0.15, -0.1) is 0 Å². The normalized spacial score (nSPS) is 9.86. The molecule has 0 unspecified atom stereocenters. The Bertz CT molecular complexity index is 551. The highest BCUT2D eigenvalue weighted by Crippen LogP contribution is 2.15. The Morgan fingerprint density at radius 3 is 2.67 bits per heavy atom. The Morgan fingerprint density at radius 2 is 2.05 bits per heavy atom. The number of benzene rings is 1. The Kier molecular flexibility index (Phi) is 6.80. The number of esters is 1. The van der Waals surface area contributed by atoms with Gasteiger partial charge in [-0.05, 0) is 24.6 Å². The first-order chi connectivity index (χ1) is 9.93. The van der Waals surface area contributed by atoms with Crippen LogP contribution in [0, 0.1) is 5.82 Å². The maximum atomic E-state index is 13.5. The zero-order chi connectivity index (χ0) is 15.8. The molecule has 0 aliphatic carbocycles. The largest absolute Gasteiger partial charge is 0.452 e. The van der Waals surface area contributed by atoms with E-state index in [1.807, 2.05) is 12.2 Å².